The van der Waals surface area contributed by atoms with Crippen LogP contribution in [0.5, 0.6) is 0 Å². The highest BCUT2D eigenvalue weighted by Crippen LogP contribution is 2.32. The number of aryl methyl sites for hydroxylation is 1. The maximum atomic E-state index is 14.1. The number of hydrogen-bond acceptors (Lipinski definition) is 8. The third kappa shape index (κ3) is 13.3. The molecule has 3 unspecified atom stereocenters. The van der Waals surface area contributed by atoms with Gasteiger partial charge in [-0.15, -0.1) is 0 Å². The van der Waals surface area contributed by atoms with E-state index >= 15 is 0 Å². The average molecular weight is 718 g/mol. The summed E-state index contributed by atoms with van der Waals surface area (Å²) in [6, 6.07) is 24.4. The summed E-state index contributed by atoms with van der Waals surface area (Å²) in [7, 11) is 3.43. The Morgan fingerprint density at radius 2 is 1.46 bits per heavy atom. The van der Waals surface area contributed by atoms with Crippen LogP contribution in [0.1, 0.15) is 67.5 Å². The van der Waals surface area contributed by atoms with Gasteiger partial charge in [-0.05, 0) is 87.2 Å². The van der Waals surface area contributed by atoms with Crippen LogP contribution in [0.4, 0.5) is 4.79 Å². The van der Waals surface area contributed by atoms with Crippen LogP contribution >= 0.6 is 0 Å². The number of carbonyl (C=O) groups is 2. The van der Waals surface area contributed by atoms with Gasteiger partial charge in [-0.2, -0.15) is 0 Å². The summed E-state index contributed by atoms with van der Waals surface area (Å²) < 4.78 is 16.1. The molecule has 0 radical (unpaired) electrons. The minimum absolute atomic E-state index is 0.0874. The third-order valence-electron chi connectivity index (χ3n) is 9.53. The van der Waals surface area contributed by atoms with Crippen LogP contribution < -0.4 is 10.6 Å². The Morgan fingerprint density at radius 3 is 2.12 bits per heavy atom. The number of nitrogens with zero attached hydrogens (tertiary/aromatic N) is 1. The minimum Gasteiger partial charge on any atom is -0.444 e. The molecule has 4 rings (SSSR count). The number of amides is 2. The van der Waals surface area contributed by atoms with Gasteiger partial charge in [0.2, 0.25) is 5.91 Å². The minimum atomic E-state index is -1.07. The van der Waals surface area contributed by atoms with Crippen LogP contribution in [0.2, 0.25) is 0 Å². The molecule has 3 aromatic rings. The van der Waals surface area contributed by atoms with Crippen molar-refractivity contribution in [3.8, 4) is 0 Å². The van der Waals surface area contributed by atoms with E-state index in [1.807, 2.05) is 54.6 Å². The molecule has 1 aliphatic rings. The van der Waals surface area contributed by atoms with Gasteiger partial charge in [-0.1, -0.05) is 78.9 Å². The number of nitrogens with one attached hydrogen (secondary N) is 2. The van der Waals surface area contributed by atoms with Crippen molar-refractivity contribution in [2.75, 3.05) is 47.1 Å². The number of methoxy groups -OCH3 is 2. The normalized spacial score (nSPS) is 17.3. The molecule has 0 bridgehead atoms. The first-order valence-electron chi connectivity index (χ1n) is 18.5. The quantitative estimate of drug-likeness (QED) is 0.128. The zero-order valence-corrected chi connectivity index (χ0v) is 31.6. The third-order valence-corrected chi connectivity index (χ3v) is 9.53. The van der Waals surface area contributed by atoms with Gasteiger partial charge < -0.3 is 35.1 Å². The average Bonchev–Trinajstić information content (AvgIpc) is 3.43. The molecular weight excluding hydrogens is 658 g/mol. The molecule has 4 N–H and O–H groups in total. The smallest absolute Gasteiger partial charge is 0.407 e. The summed E-state index contributed by atoms with van der Waals surface area (Å²) in [4.78, 5) is 29.4. The van der Waals surface area contributed by atoms with Gasteiger partial charge in [-0.3, -0.25) is 9.69 Å². The molecule has 5 atom stereocenters. The standard InChI is InChI=1S/C42H59N3O7/c1-42(2,3)52-41(49)43-36(27-31-12-7-6-8-13-31)37(46)29-34(40(48)44-39-35-16-10-9-15-33(35)28-38(39)47)26-32-19-17-30(18-20-32)14-11-21-45(22-24-50-4)23-25-51-5/h6-10,12-13,15-20,34,36-39,46-47H,11,14,21-29H2,1-5H3,(H,43,49)(H,44,48)/t34?,36?,37?,38-,39-/m0/s1. The SMILES string of the molecule is COCCN(CCCc1ccc(CC(CC(O)C(Cc2ccccc2)NC(=O)OC(C)(C)C)C(=O)N[C@H]2c3ccccc3C[C@@H]2O)cc1)CCOC. The highest BCUT2D eigenvalue weighted by atomic mass is 16.6. The zero-order valence-electron chi connectivity index (χ0n) is 31.6. The summed E-state index contributed by atoms with van der Waals surface area (Å²) in [5.41, 5.74) is 4.31. The number of aliphatic hydroxyl groups is 2. The fourth-order valence-electron chi connectivity index (χ4n) is 6.78. The second-order valence-corrected chi connectivity index (χ2v) is 14.9. The monoisotopic (exact) mass is 717 g/mol. The van der Waals surface area contributed by atoms with Crippen LogP contribution in [0.3, 0.4) is 0 Å². The molecule has 0 spiro atoms. The number of ether oxygens (including phenoxy) is 3. The van der Waals surface area contributed by atoms with Gasteiger partial charge in [0.25, 0.3) is 0 Å². The van der Waals surface area contributed by atoms with Crippen LogP contribution in [0.25, 0.3) is 0 Å². The maximum Gasteiger partial charge on any atom is 0.407 e. The van der Waals surface area contributed by atoms with Gasteiger partial charge in [0, 0.05) is 39.6 Å². The van der Waals surface area contributed by atoms with Crippen molar-refractivity contribution in [2.45, 2.75) is 89.2 Å². The van der Waals surface area contributed by atoms with E-state index in [0.29, 0.717) is 32.5 Å². The Labute approximate surface area is 309 Å². The molecule has 0 aromatic heterocycles. The number of carbonyl (C=O) groups excluding carboxylic acids is 2. The Hall–Kier alpha value is -3.80. The van der Waals surface area contributed by atoms with Crippen LogP contribution in [0.15, 0.2) is 78.9 Å². The lowest BCUT2D eigenvalue weighted by molar-refractivity contribution is -0.127. The van der Waals surface area contributed by atoms with Crippen LogP contribution in [-0.2, 0) is 44.7 Å². The van der Waals surface area contributed by atoms with Crippen LogP contribution in [0, 0.1) is 5.92 Å². The largest absolute Gasteiger partial charge is 0.444 e. The van der Waals surface area contributed by atoms with Gasteiger partial charge >= 0.3 is 6.09 Å². The lowest BCUT2D eigenvalue weighted by Crippen LogP contribution is -2.48. The molecule has 0 aliphatic heterocycles. The molecular formula is C42H59N3O7. The summed E-state index contributed by atoms with van der Waals surface area (Å²) in [6.07, 6.45) is 0.741. The van der Waals surface area contributed by atoms with E-state index in [9.17, 15) is 19.8 Å². The van der Waals surface area contributed by atoms with E-state index in [0.717, 1.165) is 54.7 Å². The first kappa shape index (κ1) is 41.0. The zero-order chi connectivity index (χ0) is 37.5. The molecule has 10 nitrogen and oxygen atoms in total. The van der Waals surface area contributed by atoms with E-state index < -0.39 is 41.9 Å². The van der Waals surface area contributed by atoms with Crippen molar-refractivity contribution >= 4 is 12.0 Å². The number of benzene rings is 3. The second kappa shape index (κ2) is 20.4. The van der Waals surface area contributed by atoms with Gasteiger partial charge in [0.1, 0.15) is 5.60 Å². The highest BCUT2D eigenvalue weighted by molar-refractivity contribution is 5.80. The van der Waals surface area contributed by atoms with E-state index in [-0.39, 0.29) is 12.3 Å². The van der Waals surface area contributed by atoms with Crippen molar-refractivity contribution in [1.82, 2.24) is 15.5 Å². The van der Waals surface area contributed by atoms with Crippen molar-refractivity contribution in [3.63, 3.8) is 0 Å². The van der Waals surface area contributed by atoms with E-state index in [2.05, 4.69) is 39.8 Å². The molecule has 0 saturated carbocycles. The lowest BCUT2D eigenvalue weighted by atomic mass is 9.88. The molecule has 52 heavy (non-hydrogen) atoms. The molecule has 0 fully saturated rings. The first-order valence-corrected chi connectivity index (χ1v) is 18.5. The molecule has 0 heterocycles. The Morgan fingerprint density at radius 1 is 0.846 bits per heavy atom. The van der Waals surface area contributed by atoms with Crippen molar-refractivity contribution in [2.24, 2.45) is 5.92 Å². The molecule has 0 saturated heterocycles. The summed E-state index contributed by atoms with van der Waals surface area (Å²) in [5, 5.41) is 28.7. The predicted octanol–water partition coefficient (Wildman–Crippen LogP) is 5.03. The number of aliphatic hydroxyl groups excluding tert-OH is 2. The van der Waals surface area contributed by atoms with Gasteiger partial charge in [0.05, 0.1) is 37.5 Å². The van der Waals surface area contributed by atoms with Crippen molar-refractivity contribution in [1.29, 1.82) is 0 Å². The van der Waals surface area contributed by atoms with Gasteiger partial charge in [0.15, 0.2) is 0 Å². The number of hydrogen-bond donors (Lipinski definition) is 4. The maximum absolute atomic E-state index is 14.1. The van der Waals surface area contributed by atoms with Crippen molar-refractivity contribution < 1.29 is 34.0 Å². The second-order valence-electron chi connectivity index (χ2n) is 14.9. The van der Waals surface area contributed by atoms with E-state index in [1.54, 1.807) is 35.0 Å². The fourth-order valence-corrected chi connectivity index (χ4v) is 6.78. The summed E-state index contributed by atoms with van der Waals surface area (Å²) >= 11 is 0. The first-order chi connectivity index (χ1) is 25.0. The van der Waals surface area contributed by atoms with Crippen LogP contribution in [-0.4, -0.2) is 98.0 Å². The van der Waals surface area contributed by atoms with E-state index in [1.165, 1.54) is 5.56 Å². The predicted molar refractivity (Wildman–Crippen MR) is 203 cm³/mol. The summed E-state index contributed by atoms with van der Waals surface area (Å²) in [5.74, 6) is -0.901. The Kier molecular flexibility index (Phi) is 16.1. The number of fused-ring (bicyclic) bond motifs is 1. The summed E-state index contributed by atoms with van der Waals surface area (Å²) in [6.45, 7) is 9.38. The molecule has 2 amide bonds. The topological polar surface area (TPSA) is 130 Å². The molecule has 10 heteroatoms. The Balaban J connectivity index is 1.50. The van der Waals surface area contributed by atoms with E-state index in [4.69, 9.17) is 14.2 Å². The number of alkyl carbamates (subject to hydrolysis) is 1. The lowest BCUT2D eigenvalue weighted by Gasteiger charge is -2.30. The fraction of sp³-hybridized carbons (Fsp3) is 0.524. The molecule has 284 valence electrons. The molecule has 1 aliphatic carbocycles. The molecule has 3 aromatic carbocycles. The van der Waals surface area contributed by atoms with Gasteiger partial charge in [-0.25, -0.2) is 4.79 Å². The van der Waals surface area contributed by atoms with Crippen molar-refractivity contribution in [3.05, 3.63) is 107 Å². The number of rotatable bonds is 20. The highest BCUT2D eigenvalue weighted by Gasteiger charge is 2.35. The Bertz CT molecular complexity index is 1500.